The summed E-state index contributed by atoms with van der Waals surface area (Å²) in [7, 11) is 0. The number of aryl methyl sites for hydroxylation is 1. The summed E-state index contributed by atoms with van der Waals surface area (Å²) < 4.78 is 0. The lowest BCUT2D eigenvalue weighted by molar-refractivity contribution is 0.864. The maximum atomic E-state index is 4.27. The zero-order chi connectivity index (χ0) is 9.42. The van der Waals surface area contributed by atoms with Crippen molar-refractivity contribution >= 4 is 11.0 Å². The van der Waals surface area contributed by atoms with E-state index in [0.29, 0.717) is 5.92 Å². The van der Waals surface area contributed by atoms with E-state index in [-0.39, 0.29) is 0 Å². The Hall–Kier alpha value is -1.38. The quantitative estimate of drug-likeness (QED) is 0.723. The molecular formula is C10H13N3. The molecule has 2 heterocycles. The predicted octanol–water partition coefficient (Wildman–Crippen LogP) is 2.39. The van der Waals surface area contributed by atoms with Crippen molar-refractivity contribution in [3.05, 3.63) is 23.5 Å². The van der Waals surface area contributed by atoms with Crippen LogP contribution in [0.1, 0.15) is 30.9 Å². The molecule has 2 rings (SSSR count). The number of aromatic amines is 1. The van der Waals surface area contributed by atoms with Gasteiger partial charge in [0.1, 0.15) is 0 Å². The Balaban J connectivity index is 2.80. The fourth-order valence-corrected chi connectivity index (χ4v) is 1.78. The number of rotatable bonds is 1. The third-order valence-corrected chi connectivity index (χ3v) is 2.30. The number of aromatic nitrogens is 3. The van der Waals surface area contributed by atoms with Crippen molar-refractivity contribution in [2.24, 2.45) is 0 Å². The average molecular weight is 175 g/mol. The number of hydrogen-bond donors (Lipinski definition) is 1. The first-order chi connectivity index (χ1) is 6.20. The van der Waals surface area contributed by atoms with Crippen LogP contribution in [0.15, 0.2) is 12.4 Å². The lowest BCUT2D eigenvalue weighted by Gasteiger charge is -2.09. The van der Waals surface area contributed by atoms with Crippen molar-refractivity contribution in [2.75, 3.05) is 0 Å². The fourth-order valence-electron chi connectivity index (χ4n) is 1.78. The molecule has 1 N–H and O–H groups in total. The molecule has 0 aromatic carbocycles. The van der Waals surface area contributed by atoms with Crippen LogP contribution in [0.4, 0.5) is 0 Å². The minimum Gasteiger partial charge on any atom is -0.261 e. The van der Waals surface area contributed by atoms with Crippen LogP contribution in [0.3, 0.4) is 0 Å². The van der Waals surface area contributed by atoms with Crippen molar-refractivity contribution < 1.29 is 0 Å². The molecule has 0 atom stereocenters. The van der Waals surface area contributed by atoms with Crippen LogP contribution in [0.25, 0.3) is 11.0 Å². The molecule has 0 saturated heterocycles. The fraction of sp³-hybridized carbons (Fsp3) is 0.400. The van der Waals surface area contributed by atoms with Crippen LogP contribution >= 0.6 is 0 Å². The van der Waals surface area contributed by atoms with Gasteiger partial charge in [-0.1, -0.05) is 13.8 Å². The average Bonchev–Trinajstić information content (AvgIpc) is 2.50. The first-order valence-corrected chi connectivity index (χ1v) is 4.48. The molecule has 2 aromatic heterocycles. The number of H-pyrrole nitrogens is 1. The number of nitrogens with one attached hydrogen (secondary N) is 1. The highest BCUT2D eigenvalue weighted by Gasteiger charge is 2.10. The molecule has 3 heteroatoms. The second-order valence-corrected chi connectivity index (χ2v) is 3.64. The number of hydrogen-bond acceptors (Lipinski definition) is 2. The summed E-state index contributed by atoms with van der Waals surface area (Å²) in [5, 5.41) is 8.03. The molecular weight excluding hydrogens is 162 g/mol. The molecule has 0 unspecified atom stereocenters. The van der Waals surface area contributed by atoms with Gasteiger partial charge >= 0.3 is 0 Å². The Morgan fingerprint density at radius 3 is 2.77 bits per heavy atom. The molecule has 0 aliphatic heterocycles. The highest BCUT2D eigenvalue weighted by molar-refractivity contribution is 5.79. The number of pyridine rings is 1. The Kier molecular flexibility index (Phi) is 1.79. The molecule has 0 saturated carbocycles. The van der Waals surface area contributed by atoms with Gasteiger partial charge in [-0.2, -0.15) is 5.10 Å². The van der Waals surface area contributed by atoms with E-state index in [1.807, 2.05) is 12.4 Å². The predicted molar refractivity (Wildman–Crippen MR) is 52.7 cm³/mol. The second-order valence-electron chi connectivity index (χ2n) is 3.64. The summed E-state index contributed by atoms with van der Waals surface area (Å²) in [6.45, 7) is 6.47. The SMILES string of the molecule is Cc1cnc2[nH]ncc2c1C(C)C. The van der Waals surface area contributed by atoms with Gasteiger partial charge in [-0.05, 0) is 24.0 Å². The maximum Gasteiger partial charge on any atom is 0.155 e. The molecule has 0 bridgehead atoms. The van der Waals surface area contributed by atoms with E-state index in [4.69, 9.17) is 0 Å². The largest absolute Gasteiger partial charge is 0.261 e. The standard InChI is InChI=1S/C10H13N3/c1-6(2)9-7(3)4-11-10-8(9)5-12-13-10/h4-6H,1-3H3,(H,11,12,13). The van der Waals surface area contributed by atoms with Gasteiger partial charge in [-0.15, -0.1) is 0 Å². The summed E-state index contributed by atoms with van der Waals surface area (Å²) in [4.78, 5) is 4.27. The van der Waals surface area contributed by atoms with Gasteiger partial charge in [-0.25, -0.2) is 4.98 Å². The molecule has 0 radical (unpaired) electrons. The van der Waals surface area contributed by atoms with Gasteiger partial charge in [0.15, 0.2) is 5.65 Å². The van der Waals surface area contributed by atoms with E-state index >= 15 is 0 Å². The van der Waals surface area contributed by atoms with Crippen LogP contribution < -0.4 is 0 Å². The molecule has 68 valence electrons. The van der Waals surface area contributed by atoms with E-state index in [1.165, 1.54) is 11.1 Å². The van der Waals surface area contributed by atoms with Crippen LogP contribution in [0, 0.1) is 6.92 Å². The topological polar surface area (TPSA) is 41.6 Å². The summed E-state index contributed by atoms with van der Waals surface area (Å²) in [5.74, 6) is 0.517. The first kappa shape index (κ1) is 8.23. The van der Waals surface area contributed by atoms with Crippen LogP contribution in [0.2, 0.25) is 0 Å². The van der Waals surface area contributed by atoms with Crippen molar-refractivity contribution in [3.63, 3.8) is 0 Å². The van der Waals surface area contributed by atoms with Crippen molar-refractivity contribution in [1.29, 1.82) is 0 Å². The van der Waals surface area contributed by atoms with E-state index < -0.39 is 0 Å². The molecule has 0 spiro atoms. The van der Waals surface area contributed by atoms with E-state index in [0.717, 1.165) is 11.0 Å². The Labute approximate surface area is 77.2 Å². The van der Waals surface area contributed by atoms with Gasteiger partial charge in [0.05, 0.1) is 6.20 Å². The van der Waals surface area contributed by atoms with Gasteiger partial charge in [0, 0.05) is 11.6 Å². The molecule has 0 fully saturated rings. The minimum absolute atomic E-state index is 0.517. The number of fused-ring (bicyclic) bond motifs is 1. The zero-order valence-corrected chi connectivity index (χ0v) is 8.13. The first-order valence-electron chi connectivity index (χ1n) is 4.48. The van der Waals surface area contributed by atoms with E-state index in [1.54, 1.807) is 0 Å². The Morgan fingerprint density at radius 2 is 2.08 bits per heavy atom. The molecule has 0 aliphatic carbocycles. The third-order valence-electron chi connectivity index (χ3n) is 2.30. The lowest BCUT2D eigenvalue weighted by Crippen LogP contribution is -1.94. The third kappa shape index (κ3) is 1.20. The van der Waals surface area contributed by atoms with Crippen LogP contribution in [-0.4, -0.2) is 15.2 Å². The van der Waals surface area contributed by atoms with Crippen molar-refractivity contribution in [2.45, 2.75) is 26.7 Å². The van der Waals surface area contributed by atoms with Crippen molar-refractivity contribution in [3.8, 4) is 0 Å². The molecule has 13 heavy (non-hydrogen) atoms. The Morgan fingerprint density at radius 1 is 1.31 bits per heavy atom. The summed E-state index contributed by atoms with van der Waals surface area (Å²) in [6, 6.07) is 0. The molecule has 0 aliphatic rings. The highest BCUT2D eigenvalue weighted by Crippen LogP contribution is 2.25. The van der Waals surface area contributed by atoms with Gasteiger partial charge in [0.25, 0.3) is 0 Å². The highest BCUT2D eigenvalue weighted by atomic mass is 15.1. The monoisotopic (exact) mass is 175 g/mol. The normalized spacial score (nSPS) is 11.4. The van der Waals surface area contributed by atoms with E-state index in [9.17, 15) is 0 Å². The van der Waals surface area contributed by atoms with Crippen molar-refractivity contribution in [1.82, 2.24) is 15.2 Å². The van der Waals surface area contributed by atoms with Crippen LogP contribution in [0.5, 0.6) is 0 Å². The van der Waals surface area contributed by atoms with E-state index in [2.05, 4.69) is 36.0 Å². The molecule has 0 amide bonds. The summed E-state index contributed by atoms with van der Waals surface area (Å²) in [6.07, 6.45) is 3.75. The van der Waals surface area contributed by atoms with Crippen LogP contribution in [-0.2, 0) is 0 Å². The molecule has 2 aromatic rings. The van der Waals surface area contributed by atoms with Gasteiger partial charge < -0.3 is 0 Å². The lowest BCUT2D eigenvalue weighted by atomic mass is 9.97. The minimum atomic E-state index is 0.517. The summed E-state index contributed by atoms with van der Waals surface area (Å²) in [5.41, 5.74) is 3.47. The second kappa shape index (κ2) is 2.83. The Bertz CT molecular complexity index is 429. The van der Waals surface area contributed by atoms with Gasteiger partial charge in [-0.3, -0.25) is 5.10 Å². The summed E-state index contributed by atoms with van der Waals surface area (Å²) >= 11 is 0. The maximum absolute atomic E-state index is 4.27. The zero-order valence-electron chi connectivity index (χ0n) is 8.13. The van der Waals surface area contributed by atoms with Gasteiger partial charge in [0.2, 0.25) is 0 Å². The molecule has 3 nitrogen and oxygen atoms in total. The number of nitrogens with zero attached hydrogens (tertiary/aromatic N) is 2. The smallest absolute Gasteiger partial charge is 0.155 e.